The van der Waals surface area contributed by atoms with Crippen LogP contribution in [-0.2, 0) is 16.0 Å². The van der Waals surface area contributed by atoms with Gasteiger partial charge in [-0.1, -0.05) is 26.0 Å². The van der Waals surface area contributed by atoms with E-state index in [4.69, 9.17) is 0 Å². The van der Waals surface area contributed by atoms with Crippen LogP contribution in [-0.4, -0.2) is 18.2 Å². The summed E-state index contributed by atoms with van der Waals surface area (Å²) in [7, 11) is 0. The Labute approximate surface area is 104 Å². The highest BCUT2D eigenvalue weighted by atomic mass is 19.2. The first-order valence-corrected chi connectivity index (χ1v) is 5.64. The van der Waals surface area contributed by atoms with E-state index >= 15 is 0 Å². The first-order valence-electron chi connectivity index (χ1n) is 5.64. The molecule has 98 valence electrons. The number of hydrogen-bond donors (Lipinski definition) is 1. The maximum Gasteiger partial charge on any atom is 0.224 e. The lowest BCUT2D eigenvalue weighted by atomic mass is 10.1. The summed E-state index contributed by atoms with van der Waals surface area (Å²) in [6, 6.07) is 3.65. The number of Topliss-reactive ketones (excluding diaryl/α,β-unsaturated/α-hetero) is 1. The molecule has 0 atom stereocenters. The fraction of sp³-hybridized carbons (Fsp3) is 0.385. The van der Waals surface area contributed by atoms with Gasteiger partial charge in [-0.25, -0.2) is 8.78 Å². The van der Waals surface area contributed by atoms with E-state index in [2.05, 4.69) is 5.32 Å². The fourth-order valence-electron chi connectivity index (χ4n) is 1.31. The molecule has 1 amide bonds. The number of benzene rings is 1. The molecule has 0 fully saturated rings. The molecule has 0 radical (unpaired) electrons. The van der Waals surface area contributed by atoms with Crippen LogP contribution in [0.3, 0.4) is 0 Å². The van der Waals surface area contributed by atoms with Gasteiger partial charge in [-0.05, 0) is 6.07 Å². The van der Waals surface area contributed by atoms with E-state index in [9.17, 15) is 18.4 Å². The summed E-state index contributed by atoms with van der Waals surface area (Å²) >= 11 is 0. The Bertz CT molecular complexity index is 458. The van der Waals surface area contributed by atoms with Crippen LogP contribution in [0.1, 0.15) is 19.4 Å². The van der Waals surface area contributed by atoms with Crippen LogP contribution < -0.4 is 5.32 Å². The van der Waals surface area contributed by atoms with Crippen LogP contribution >= 0.6 is 0 Å². The Morgan fingerprint density at radius 2 is 1.94 bits per heavy atom. The summed E-state index contributed by atoms with van der Waals surface area (Å²) in [6.45, 7) is 3.36. The molecular formula is C13H15F2NO2. The second-order valence-electron chi connectivity index (χ2n) is 4.29. The Morgan fingerprint density at radius 1 is 1.28 bits per heavy atom. The summed E-state index contributed by atoms with van der Waals surface area (Å²) in [4.78, 5) is 22.7. The van der Waals surface area contributed by atoms with E-state index in [0.717, 1.165) is 6.07 Å². The van der Waals surface area contributed by atoms with Crippen molar-refractivity contribution in [2.45, 2.75) is 20.3 Å². The molecular weight excluding hydrogens is 240 g/mol. The van der Waals surface area contributed by atoms with Crippen molar-refractivity contribution in [3.63, 3.8) is 0 Å². The molecule has 1 aromatic carbocycles. The molecule has 0 aliphatic rings. The summed E-state index contributed by atoms with van der Waals surface area (Å²) in [6.07, 6.45) is -0.283. The Morgan fingerprint density at radius 3 is 2.56 bits per heavy atom. The van der Waals surface area contributed by atoms with Gasteiger partial charge in [-0.15, -0.1) is 0 Å². The number of amides is 1. The molecule has 18 heavy (non-hydrogen) atoms. The lowest BCUT2D eigenvalue weighted by Crippen LogP contribution is -2.32. The van der Waals surface area contributed by atoms with Gasteiger partial charge in [-0.2, -0.15) is 0 Å². The third-order valence-corrected chi connectivity index (χ3v) is 2.49. The Kier molecular flexibility index (Phi) is 4.95. The van der Waals surface area contributed by atoms with Crippen molar-refractivity contribution in [3.8, 4) is 0 Å². The first-order chi connectivity index (χ1) is 8.41. The fourth-order valence-corrected chi connectivity index (χ4v) is 1.31. The number of ketones is 1. The van der Waals surface area contributed by atoms with Gasteiger partial charge >= 0.3 is 0 Å². The third-order valence-electron chi connectivity index (χ3n) is 2.49. The second kappa shape index (κ2) is 6.23. The highest BCUT2D eigenvalue weighted by Crippen LogP contribution is 2.11. The molecule has 0 spiro atoms. The van der Waals surface area contributed by atoms with Crippen molar-refractivity contribution in [2.24, 2.45) is 5.92 Å². The van der Waals surface area contributed by atoms with Gasteiger partial charge in [0, 0.05) is 11.5 Å². The van der Waals surface area contributed by atoms with Crippen molar-refractivity contribution >= 4 is 11.7 Å². The molecule has 0 saturated heterocycles. The van der Waals surface area contributed by atoms with Crippen molar-refractivity contribution in [2.75, 3.05) is 6.54 Å². The summed E-state index contributed by atoms with van der Waals surface area (Å²) in [5, 5.41) is 2.38. The number of halogens is 2. The van der Waals surface area contributed by atoms with Crippen LogP contribution in [0.2, 0.25) is 0 Å². The topological polar surface area (TPSA) is 46.2 Å². The number of carbonyl (C=O) groups is 2. The van der Waals surface area contributed by atoms with Crippen LogP contribution in [0.15, 0.2) is 18.2 Å². The first kappa shape index (κ1) is 14.3. The van der Waals surface area contributed by atoms with Gasteiger partial charge in [0.15, 0.2) is 17.4 Å². The molecule has 0 heterocycles. The molecule has 0 saturated carbocycles. The van der Waals surface area contributed by atoms with Gasteiger partial charge in [-0.3, -0.25) is 9.59 Å². The molecule has 1 rings (SSSR count). The Hall–Kier alpha value is -1.78. The van der Waals surface area contributed by atoms with Crippen LogP contribution in [0, 0.1) is 17.6 Å². The largest absolute Gasteiger partial charge is 0.349 e. The maximum absolute atomic E-state index is 13.3. The van der Waals surface area contributed by atoms with Crippen molar-refractivity contribution in [1.29, 1.82) is 0 Å². The minimum atomic E-state index is -1.03. The standard InChI is InChI=1S/C13H15F2NO2/c1-8(2)11(17)7-16-12(18)6-9-4-3-5-10(14)13(9)15/h3-5,8H,6-7H2,1-2H3,(H,16,18). The smallest absolute Gasteiger partial charge is 0.224 e. The quantitative estimate of drug-likeness (QED) is 0.872. The van der Waals surface area contributed by atoms with Crippen molar-refractivity contribution in [3.05, 3.63) is 35.4 Å². The number of nitrogens with one attached hydrogen (secondary N) is 1. The second-order valence-corrected chi connectivity index (χ2v) is 4.29. The number of carbonyl (C=O) groups excluding carboxylic acids is 2. The summed E-state index contributed by atoms with van der Waals surface area (Å²) < 4.78 is 26.2. The molecule has 0 aliphatic carbocycles. The number of hydrogen-bond acceptors (Lipinski definition) is 2. The van der Waals surface area contributed by atoms with Crippen LogP contribution in [0.5, 0.6) is 0 Å². The minimum absolute atomic E-state index is 0.0236. The zero-order valence-electron chi connectivity index (χ0n) is 10.3. The SMILES string of the molecule is CC(C)C(=O)CNC(=O)Cc1cccc(F)c1F. The molecule has 1 N–H and O–H groups in total. The molecule has 0 aromatic heterocycles. The van der Waals surface area contributed by atoms with E-state index in [0.29, 0.717) is 0 Å². The Balaban J connectivity index is 2.55. The zero-order valence-corrected chi connectivity index (χ0v) is 10.3. The van der Waals surface area contributed by atoms with Gasteiger partial charge in [0.05, 0.1) is 13.0 Å². The highest BCUT2D eigenvalue weighted by Gasteiger charge is 2.13. The highest BCUT2D eigenvalue weighted by molar-refractivity contribution is 5.87. The van der Waals surface area contributed by atoms with E-state index < -0.39 is 17.5 Å². The molecule has 0 unspecified atom stereocenters. The van der Waals surface area contributed by atoms with E-state index in [-0.39, 0.29) is 30.2 Å². The molecule has 5 heteroatoms. The van der Waals surface area contributed by atoms with Gasteiger partial charge in [0.1, 0.15) is 0 Å². The van der Waals surface area contributed by atoms with Crippen LogP contribution in [0.25, 0.3) is 0 Å². The normalized spacial score (nSPS) is 10.5. The predicted octanol–water partition coefficient (Wildman–Crippen LogP) is 1.85. The minimum Gasteiger partial charge on any atom is -0.349 e. The lowest BCUT2D eigenvalue weighted by Gasteiger charge is -2.07. The average Bonchev–Trinajstić information content (AvgIpc) is 2.32. The molecule has 3 nitrogen and oxygen atoms in total. The van der Waals surface area contributed by atoms with E-state index in [1.165, 1.54) is 12.1 Å². The molecule has 0 aliphatic heterocycles. The molecule has 0 bridgehead atoms. The van der Waals surface area contributed by atoms with E-state index in [1.54, 1.807) is 13.8 Å². The van der Waals surface area contributed by atoms with Gasteiger partial charge in [0.25, 0.3) is 0 Å². The van der Waals surface area contributed by atoms with E-state index in [1.807, 2.05) is 0 Å². The monoisotopic (exact) mass is 255 g/mol. The van der Waals surface area contributed by atoms with Gasteiger partial charge < -0.3 is 5.32 Å². The maximum atomic E-state index is 13.3. The van der Waals surface area contributed by atoms with Crippen molar-refractivity contribution in [1.82, 2.24) is 5.32 Å². The number of rotatable bonds is 5. The zero-order chi connectivity index (χ0) is 13.7. The summed E-state index contributed by atoms with van der Waals surface area (Å²) in [5.74, 6) is -2.80. The van der Waals surface area contributed by atoms with Crippen molar-refractivity contribution < 1.29 is 18.4 Å². The lowest BCUT2D eigenvalue weighted by molar-refractivity contribution is -0.126. The van der Waals surface area contributed by atoms with Crippen LogP contribution in [0.4, 0.5) is 8.78 Å². The third kappa shape index (κ3) is 3.91. The predicted molar refractivity (Wildman–Crippen MR) is 62.9 cm³/mol. The average molecular weight is 255 g/mol. The molecule has 1 aromatic rings. The van der Waals surface area contributed by atoms with Gasteiger partial charge in [0.2, 0.25) is 5.91 Å². The summed E-state index contributed by atoms with van der Waals surface area (Å²) in [5.41, 5.74) is -0.0236.